The van der Waals surface area contributed by atoms with Crippen LogP contribution in [0.3, 0.4) is 0 Å². The first-order chi connectivity index (χ1) is 19.0. The number of carbonyl (C=O) groups is 2. The molecule has 4 aromatic rings. The Morgan fingerprint density at radius 2 is 1.88 bits per heavy atom. The van der Waals surface area contributed by atoms with Crippen LogP contribution in [0.1, 0.15) is 37.1 Å². The predicted octanol–water partition coefficient (Wildman–Crippen LogP) is 5.27. The first kappa shape index (κ1) is 27.3. The van der Waals surface area contributed by atoms with Gasteiger partial charge in [-0.1, -0.05) is 22.9 Å². The summed E-state index contributed by atoms with van der Waals surface area (Å²) in [4.78, 5) is 44.8. The minimum atomic E-state index is -4.85. The molecule has 1 N–H and O–H groups in total. The molecule has 0 radical (unpaired) electrons. The number of rotatable bonds is 6. The highest BCUT2D eigenvalue weighted by atomic mass is 35.5. The Kier molecular flexibility index (Phi) is 7.29. The Bertz CT molecular complexity index is 1590. The van der Waals surface area contributed by atoms with Crippen LogP contribution in [0.2, 0.25) is 5.15 Å². The average molecular weight is 591 g/mol. The number of amides is 2. The van der Waals surface area contributed by atoms with Crippen LogP contribution in [0, 0.1) is 6.92 Å². The zero-order valence-electron chi connectivity index (χ0n) is 20.7. The maximum atomic E-state index is 13.3. The molecule has 0 atom stereocenters. The van der Waals surface area contributed by atoms with Gasteiger partial charge in [0.25, 0.3) is 11.8 Å². The maximum Gasteiger partial charge on any atom is 0.573 e. The number of carbonyl (C=O) groups excluding carboxylic acids is 2. The van der Waals surface area contributed by atoms with Crippen LogP contribution in [0.25, 0.3) is 11.1 Å². The molecule has 0 bridgehead atoms. The van der Waals surface area contributed by atoms with E-state index >= 15 is 0 Å². The van der Waals surface area contributed by atoms with Crippen molar-refractivity contribution >= 4 is 39.9 Å². The summed E-state index contributed by atoms with van der Waals surface area (Å²) in [6, 6.07) is 5.52. The van der Waals surface area contributed by atoms with Gasteiger partial charge in [0.2, 0.25) is 0 Å². The average Bonchev–Trinajstić information content (AvgIpc) is 3.46. The van der Waals surface area contributed by atoms with Crippen LogP contribution in [-0.2, 0) is 13.1 Å². The van der Waals surface area contributed by atoms with Gasteiger partial charge in [0.15, 0.2) is 5.13 Å². The van der Waals surface area contributed by atoms with Gasteiger partial charge in [0, 0.05) is 23.0 Å². The van der Waals surface area contributed by atoms with Crippen LogP contribution in [0.4, 0.5) is 18.3 Å². The molecule has 0 aromatic carbocycles. The number of hydrogen-bond acceptors (Lipinski definition) is 9. The largest absolute Gasteiger partial charge is 0.573 e. The number of hydrogen-bond donors (Lipinski definition) is 1. The summed E-state index contributed by atoms with van der Waals surface area (Å²) in [7, 11) is 1.49. The fourth-order valence-corrected chi connectivity index (χ4v) is 5.16. The standard InChI is InChI=1S/C25H18ClF3N6O4S/c1-12-5-14(15-6-21(26)32-9-19(15)38-2)16(8-30-12)22(36)34-24-33-18-10-35(11-20(18)40-24)23(37)17-4-3-13(7-31-17)39-25(27,28)29/h3-9H,10-11H2,1-2H3,(H,33,34,36). The van der Waals surface area contributed by atoms with Crippen molar-refractivity contribution < 1.29 is 32.2 Å². The van der Waals surface area contributed by atoms with Gasteiger partial charge in [0.05, 0.1) is 48.7 Å². The number of nitrogens with one attached hydrogen (secondary N) is 1. The molecule has 0 saturated heterocycles. The molecule has 15 heteroatoms. The van der Waals surface area contributed by atoms with Crippen LogP contribution in [0.5, 0.6) is 11.5 Å². The third-order valence-electron chi connectivity index (χ3n) is 5.78. The van der Waals surface area contributed by atoms with Crippen molar-refractivity contribution in [1.82, 2.24) is 24.8 Å². The molecule has 1 aliphatic heterocycles. The number of thiazole rings is 1. The summed E-state index contributed by atoms with van der Waals surface area (Å²) >= 11 is 7.31. The van der Waals surface area contributed by atoms with E-state index in [0.29, 0.717) is 33.4 Å². The van der Waals surface area contributed by atoms with E-state index in [0.717, 1.165) is 23.2 Å². The Balaban J connectivity index is 1.30. The number of alkyl halides is 3. The molecule has 5 rings (SSSR count). The molecule has 5 heterocycles. The lowest BCUT2D eigenvalue weighted by molar-refractivity contribution is -0.274. The fraction of sp³-hybridized carbons (Fsp3) is 0.200. The number of ether oxygens (including phenoxy) is 2. The Morgan fingerprint density at radius 1 is 1.07 bits per heavy atom. The number of pyridine rings is 3. The highest BCUT2D eigenvalue weighted by Crippen LogP contribution is 2.35. The zero-order chi connectivity index (χ0) is 28.6. The minimum Gasteiger partial charge on any atom is -0.494 e. The summed E-state index contributed by atoms with van der Waals surface area (Å²) in [5, 5.41) is 3.35. The van der Waals surface area contributed by atoms with Gasteiger partial charge in [-0.15, -0.1) is 13.2 Å². The van der Waals surface area contributed by atoms with Gasteiger partial charge in [-0.25, -0.2) is 15.0 Å². The molecule has 0 aliphatic carbocycles. The third-order valence-corrected chi connectivity index (χ3v) is 6.98. The molecule has 0 saturated carbocycles. The highest BCUT2D eigenvalue weighted by Gasteiger charge is 2.32. The van der Waals surface area contributed by atoms with Crippen molar-refractivity contribution in [2.45, 2.75) is 26.4 Å². The van der Waals surface area contributed by atoms with Gasteiger partial charge in [-0.3, -0.25) is 19.9 Å². The van der Waals surface area contributed by atoms with Gasteiger partial charge in [0.1, 0.15) is 22.3 Å². The van der Waals surface area contributed by atoms with E-state index in [1.54, 1.807) is 19.1 Å². The smallest absolute Gasteiger partial charge is 0.494 e. The minimum absolute atomic E-state index is 0.0377. The zero-order valence-corrected chi connectivity index (χ0v) is 22.3. The summed E-state index contributed by atoms with van der Waals surface area (Å²) in [5.41, 5.74) is 2.62. The molecular weight excluding hydrogens is 573 g/mol. The Morgan fingerprint density at radius 3 is 2.55 bits per heavy atom. The van der Waals surface area contributed by atoms with Crippen LogP contribution in [0.15, 0.2) is 42.9 Å². The second-order valence-electron chi connectivity index (χ2n) is 8.51. The Hall–Kier alpha value is -4.30. The van der Waals surface area contributed by atoms with E-state index in [2.05, 4.69) is 30.0 Å². The van der Waals surface area contributed by atoms with Gasteiger partial charge in [-0.2, -0.15) is 0 Å². The lowest BCUT2D eigenvalue weighted by atomic mass is 10.0. The van der Waals surface area contributed by atoms with Crippen molar-refractivity contribution in [2.24, 2.45) is 0 Å². The van der Waals surface area contributed by atoms with Gasteiger partial charge in [-0.05, 0) is 31.2 Å². The maximum absolute atomic E-state index is 13.3. The second-order valence-corrected chi connectivity index (χ2v) is 9.98. The molecule has 0 fully saturated rings. The van der Waals surface area contributed by atoms with Crippen LogP contribution >= 0.6 is 22.9 Å². The summed E-state index contributed by atoms with van der Waals surface area (Å²) in [6.07, 6.45) is -1.10. The lowest BCUT2D eigenvalue weighted by Crippen LogP contribution is -2.26. The van der Waals surface area contributed by atoms with E-state index in [9.17, 15) is 22.8 Å². The summed E-state index contributed by atoms with van der Waals surface area (Å²) in [5.74, 6) is -1.03. The molecule has 10 nitrogen and oxygen atoms in total. The molecule has 2 amide bonds. The topological polar surface area (TPSA) is 119 Å². The number of methoxy groups -OCH3 is 1. The van der Waals surface area contributed by atoms with E-state index in [4.69, 9.17) is 16.3 Å². The molecule has 0 spiro atoms. The molecule has 4 aromatic heterocycles. The molecule has 0 unspecified atom stereocenters. The monoisotopic (exact) mass is 590 g/mol. The normalized spacial score (nSPS) is 12.7. The van der Waals surface area contributed by atoms with E-state index in [1.807, 2.05) is 0 Å². The molecule has 40 heavy (non-hydrogen) atoms. The van der Waals surface area contributed by atoms with Gasteiger partial charge >= 0.3 is 6.36 Å². The number of halogens is 4. The Labute approximate surface area is 233 Å². The first-order valence-electron chi connectivity index (χ1n) is 11.5. The van der Waals surface area contributed by atoms with Crippen molar-refractivity contribution in [3.63, 3.8) is 0 Å². The number of fused-ring (bicyclic) bond motifs is 1. The molecular formula is C25H18ClF3N6O4S. The SMILES string of the molecule is COc1cnc(Cl)cc1-c1cc(C)ncc1C(=O)Nc1nc2c(s1)CN(C(=O)c1ccc(OC(F)(F)F)cn1)C2. The molecule has 206 valence electrons. The van der Waals surface area contributed by atoms with E-state index < -0.39 is 23.9 Å². The van der Waals surface area contributed by atoms with Crippen molar-refractivity contribution in [2.75, 3.05) is 12.4 Å². The van der Waals surface area contributed by atoms with Crippen molar-refractivity contribution in [1.29, 1.82) is 0 Å². The fourth-order valence-electron chi connectivity index (χ4n) is 4.02. The quantitative estimate of drug-likeness (QED) is 0.302. The van der Waals surface area contributed by atoms with Crippen LogP contribution in [-0.4, -0.2) is 50.1 Å². The van der Waals surface area contributed by atoms with Gasteiger partial charge < -0.3 is 14.4 Å². The predicted molar refractivity (Wildman–Crippen MR) is 138 cm³/mol. The number of anilines is 1. The number of aryl methyl sites for hydroxylation is 1. The second kappa shape index (κ2) is 10.7. The highest BCUT2D eigenvalue weighted by molar-refractivity contribution is 7.16. The number of nitrogens with zero attached hydrogens (tertiary/aromatic N) is 5. The third kappa shape index (κ3) is 5.82. The number of aromatic nitrogens is 4. The van der Waals surface area contributed by atoms with E-state index in [-0.39, 0.29) is 29.5 Å². The van der Waals surface area contributed by atoms with Crippen molar-refractivity contribution in [3.05, 3.63) is 75.5 Å². The van der Waals surface area contributed by atoms with Crippen molar-refractivity contribution in [3.8, 4) is 22.6 Å². The first-order valence-corrected chi connectivity index (χ1v) is 12.7. The summed E-state index contributed by atoms with van der Waals surface area (Å²) in [6.45, 7) is 2.14. The molecule has 1 aliphatic rings. The lowest BCUT2D eigenvalue weighted by Gasteiger charge is -2.15. The summed E-state index contributed by atoms with van der Waals surface area (Å²) < 4.78 is 46.3. The van der Waals surface area contributed by atoms with E-state index in [1.165, 1.54) is 35.7 Å². The van der Waals surface area contributed by atoms with Crippen LogP contribution < -0.4 is 14.8 Å².